The molecule has 0 spiro atoms. The van der Waals surface area contributed by atoms with Crippen LogP contribution >= 0.6 is 0 Å². The van der Waals surface area contributed by atoms with Crippen molar-refractivity contribution in [1.82, 2.24) is 9.80 Å². The Morgan fingerprint density at radius 2 is 1.59 bits per heavy atom. The molecular weight excluding hydrogens is 487 g/mol. The van der Waals surface area contributed by atoms with Crippen molar-refractivity contribution in [2.45, 2.75) is 57.0 Å². The molecule has 7 nitrogen and oxygen atoms in total. The zero-order chi connectivity index (χ0) is 27.0. The van der Waals surface area contributed by atoms with E-state index in [-0.39, 0.29) is 23.9 Å². The highest BCUT2D eigenvalue weighted by atomic mass is 19.4. The number of hydrogen-bond donors (Lipinski definition) is 2. The quantitative estimate of drug-likeness (QED) is 0.546. The highest BCUT2D eigenvalue weighted by Crippen LogP contribution is 2.25. The average molecular weight is 518 g/mol. The van der Waals surface area contributed by atoms with E-state index in [2.05, 4.69) is 29.2 Å². The maximum absolute atomic E-state index is 12.9. The average Bonchev–Trinajstić information content (AvgIpc) is 3.52. The predicted octanol–water partition coefficient (Wildman–Crippen LogP) is 3.67. The van der Waals surface area contributed by atoms with Gasteiger partial charge in [-0.2, -0.15) is 13.2 Å². The van der Waals surface area contributed by atoms with Crippen LogP contribution in [0.15, 0.2) is 66.7 Å². The van der Waals surface area contributed by atoms with Crippen LogP contribution in [0.2, 0.25) is 0 Å². The highest BCUT2D eigenvalue weighted by molar-refractivity contribution is 5.88. The molecular formula is C27H30F3N3O4. The lowest BCUT2D eigenvalue weighted by Gasteiger charge is -2.30. The second kappa shape index (κ2) is 12.5. The number of carbonyl (C=O) groups is 3. The molecule has 2 atom stereocenters. The third-order valence-corrected chi connectivity index (χ3v) is 6.48. The fourth-order valence-corrected chi connectivity index (χ4v) is 4.61. The van der Waals surface area contributed by atoms with Gasteiger partial charge in [0.2, 0.25) is 11.8 Å². The van der Waals surface area contributed by atoms with Gasteiger partial charge in [-0.25, -0.2) is 4.79 Å². The van der Waals surface area contributed by atoms with Gasteiger partial charge in [-0.3, -0.25) is 14.5 Å². The van der Waals surface area contributed by atoms with Crippen LogP contribution in [0.4, 0.5) is 13.2 Å². The van der Waals surface area contributed by atoms with E-state index in [4.69, 9.17) is 15.6 Å². The number of nitrogens with two attached hydrogens (primary N) is 1. The lowest BCUT2D eigenvalue weighted by molar-refractivity contribution is -0.192. The largest absolute Gasteiger partial charge is 0.490 e. The van der Waals surface area contributed by atoms with Crippen molar-refractivity contribution in [3.8, 4) is 0 Å². The van der Waals surface area contributed by atoms with E-state index in [1.54, 1.807) is 6.08 Å². The summed E-state index contributed by atoms with van der Waals surface area (Å²) >= 11 is 0. The summed E-state index contributed by atoms with van der Waals surface area (Å²) in [6.45, 7) is 2.14. The number of likely N-dealkylation sites (tertiary alicyclic amines) is 1. The molecule has 0 aliphatic carbocycles. The fraction of sp³-hybridized carbons (Fsp3) is 0.370. The van der Waals surface area contributed by atoms with Gasteiger partial charge in [0.05, 0.1) is 6.04 Å². The summed E-state index contributed by atoms with van der Waals surface area (Å²) in [7, 11) is 0. The minimum Gasteiger partial charge on any atom is -0.475 e. The molecule has 1 fully saturated rings. The molecule has 10 heteroatoms. The maximum Gasteiger partial charge on any atom is 0.490 e. The lowest BCUT2D eigenvalue weighted by atomic mass is 10.0. The van der Waals surface area contributed by atoms with Gasteiger partial charge in [0.25, 0.3) is 0 Å². The zero-order valence-electron chi connectivity index (χ0n) is 20.2. The summed E-state index contributed by atoms with van der Waals surface area (Å²) in [4.78, 5) is 37.7. The number of amides is 2. The van der Waals surface area contributed by atoms with Crippen molar-refractivity contribution in [2.24, 2.45) is 5.73 Å². The number of carboxylic acid groups (broad SMARTS) is 1. The monoisotopic (exact) mass is 517 g/mol. The molecule has 0 aromatic heterocycles. The van der Waals surface area contributed by atoms with E-state index < -0.39 is 12.1 Å². The van der Waals surface area contributed by atoms with Crippen molar-refractivity contribution in [1.29, 1.82) is 0 Å². The van der Waals surface area contributed by atoms with E-state index in [9.17, 15) is 22.8 Å². The number of alkyl halides is 3. The molecule has 4 rings (SSSR count). The summed E-state index contributed by atoms with van der Waals surface area (Å²) in [5.74, 6) is -3.01. The minimum atomic E-state index is -5.08. The summed E-state index contributed by atoms with van der Waals surface area (Å²) in [6, 6.07) is 18.3. The van der Waals surface area contributed by atoms with E-state index in [1.165, 1.54) is 16.7 Å². The molecule has 2 aliphatic rings. The molecule has 3 N–H and O–H groups in total. The number of benzene rings is 2. The third kappa shape index (κ3) is 7.91. The summed E-state index contributed by atoms with van der Waals surface area (Å²) in [6.07, 6.45) is 2.07. The topological polar surface area (TPSA) is 104 Å². The Hall–Kier alpha value is -3.66. The standard InChI is InChI=1S/C25H29N3O2.C2HF3O2/c26-25(30)23-11-6-16-28(23)22(13-12-19-7-2-1-3-8-19)14-15-24(29)27-17-20-9-4-5-10-21(20)18-27;3-2(4,5)1(6)7/h1-5,7-10,14-15,22-23H,6,11-13,16-18H2,(H2,26,30);(H,6,7)/b15-14+;/t22-,23-;/m0./s1. The highest BCUT2D eigenvalue weighted by Gasteiger charge is 2.38. The van der Waals surface area contributed by atoms with E-state index in [1.807, 2.05) is 41.3 Å². The van der Waals surface area contributed by atoms with Crippen LogP contribution in [-0.4, -0.2) is 57.5 Å². The Morgan fingerprint density at radius 3 is 2.14 bits per heavy atom. The van der Waals surface area contributed by atoms with Crippen LogP contribution in [-0.2, 0) is 33.9 Å². The third-order valence-electron chi connectivity index (χ3n) is 6.48. The number of halogens is 3. The first-order valence-corrected chi connectivity index (χ1v) is 12.0. The molecule has 0 radical (unpaired) electrons. The zero-order valence-corrected chi connectivity index (χ0v) is 20.2. The van der Waals surface area contributed by atoms with Crippen molar-refractivity contribution in [2.75, 3.05) is 6.54 Å². The molecule has 0 saturated carbocycles. The predicted molar refractivity (Wildman–Crippen MR) is 131 cm³/mol. The normalized spacial score (nSPS) is 18.2. The number of fused-ring (bicyclic) bond motifs is 1. The molecule has 1 saturated heterocycles. The first-order valence-electron chi connectivity index (χ1n) is 12.0. The van der Waals surface area contributed by atoms with Gasteiger partial charge in [0, 0.05) is 25.2 Å². The van der Waals surface area contributed by atoms with Crippen LogP contribution in [0.1, 0.15) is 36.0 Å². The van der Waals surface area contributed by atoms with Gasteiger partial charge >= 0.3 is 12.1 Å². The summed E-state index contributed by atoms with van der Waals surface area (Å²) in [5, 5.41) is 7.12. The number of hydrogen-bond acceptors (Lipinski definition) is 4. The van der Waals surface area contributed by atoms with Crippen molar-refractivity contribution < 1.29 is 32.7 Å². The van der Waals surface area contributed by atoms with E-state index in [0.717, 1.165) is 32.2 Å². The summed E-state index contributed by atoms with van der Waals surface area (Å²) < 4.78 is 31.7. The maximum atomic E-state index is 12.9. The van der Waals surface area contributed by atoms with Crippen LogP contribution in [0.5, 0.6) is 0 Å². The van der Waals surface area contributed by atoms with Crippen LogP contribution in [0.25, 0.3) is 0 Å². The SMILES string of the molecule is NC(=O)[C@@H]1CCCN1[C@H](/C=C/C(=O)N1Cc2ccccc2C1)CCc1ccccc1.O=C(O)C(F)(F)F. The van der Waals surface area contributed by atoms with Crippen LogP contribution in [0, 0.1) is 0 Å². The molecule has 2 amide bonds. The molecule has 0 bridgehead atoms. The second-order valence-corrected chi connectivity index (χ2v) is 9.01. The molecule has 2 aliphatic heterocycles. The Bertz CT molecular complexity index is 1100. The van der Waals surface area contributed by atoms with Crippen molar-refractivity contribution in [3.05, 3.63) is 83.4 Å². The first kappa shape index (κ1) is 27.9. The van der Waals surface area contributed by atoms with Gasteiger partial charge in [-0.05, 0) is 48.9 Å². The number of aliphatic carboxylic acids is 1. The van der Waals surface area contributed by atoms with Gasteiger partial charge in [-0.1, -0.05) is 60.7 Å². The Kier molecular flexibility index (Phi) is 9.46. The van der Waals surface area contributed by atoms with Crippen molar-refractivity contribution in [3.63, 3.8) is 0 Å². The molecule has 0 unspecified atom stereocenters. The van der Waals surface area contributed by atoms with E-state index >= 15 is 0 Å². The molecule has 198 valence electrons. The Labute approximate surface area is 213 Å². The fourth-order valence-electron chi connectivity index (χ4n) is 4.61. The molecule has 2 aromatic rings. The molecule has 2 heterocycles. The smallest absolute Gasteiger partial charge is 0.475 e. The first-order chi connectivity index (χ1) is 17.6. The van der Waals surface area contributed by atoms with Gasteiger partial charge < -0.3 is 15.7 Å². The molecule has 2 aromatic carbocycles. The summed E-state index contributed by atoms with van der Waals surface area (Å²) in [5.41, 5.74) is 9.35. The van der Waals surface area contributed by atoms with Crippen LogP contribution in [0.3, 0.4) is 0 Å². The Balaban J connectivity index is 0.000000479. The number of carbonyl (C=O) groups excluding carboxylic acids is 2. The number of primary amides is 1. The van der Waals surface area contributed by atoms with Gasteiger partial charge in [-0.15, -0.1) is 0 Å². The van der Waals surface area contributed by atoms with Gasteiger partial charge in [0.15, 0.2) is 0 Å². The second-order valence-electron chi connectivity index (χ2n) is 9.01. The number of rotatable bonds is 7. The molecule has 37 heavy (non-hydrogen) atoms. The number of carboxylic acids is 1. The van der Waals surface area contributed by atoms with Gasteiger partial charge in [0.1, 0.15) is 0 Å². The minimum absolute atomic E-state index is 0.0131. The van der Waals surface area contributed by atoms with Crippen molar-refractivity contribution >= 4 is 17.8 Å². The number of aryl methyl sites for hydroxylation is 1. The van der Waals surface area contributed by atoms with Crippen LogP contribution < -0.4 is 5.73 Å². The number of nitrogens with zero attached hydrogens (tertiary/aromatic N) is 2. The Morgan fingerprint density at radius 1 is 1.03 bits per heavy atom. The van der Waals surface area contributed by atoms with E-state index in [0.29, 0.717) is 13.1 Å². The lowest BCUT2D eigenvalue weighted by Crippen LogP contribution is -2.45.